The molecule has 122 valence electrons. The van der Waals surface area contributed by atoms with Gasteiger partial charge >= 0.3 is 0 Å². The van der Waals surface area contributed by atoms with Crippen LogP contribution < -0.4 is 10.1 Å². The van der Waals surface area contributed by atoms with Crippen molar-refractivity contribution in [2.45, 2.75) is 20.0 Å². The number of benzene rings is 1. The van der Waals surface area contributed by atoms with E-state index >= 15 is 0 Å². The average Bonchev–Trinajstić information content (AvgIpc) is 3.05. The third-order valence-electron chi connectivity index (χ3n) is 3.38. The normalized spacial score (nSPS) is 10.2. The van der Waals surface area contributed by atoms with Crippen LogP contribution in [-0.2, 0) is 22.7 Å². The number of ether oxygens (including phenoxy) is 1. The zero-order valence-corrected chi connectivity index (χ0v) is 13.2. The van der Waals surface area contributed by atoms with E-state index in [1.807, 2.05) is 24.3 Å². The van der Waals surface area contributed by atoms with E-state index in [1.165, 1.54) is 18.1 Å². The second kappa shape index (κ2) is 8.03. The van der Waals surface area contributed by atoms with Gasteiger partial charge in [0.05, 0.1) is 26.5 Å². The van der Waals surface area contributed by atoms with E-state index in [2.05, 4.69) is 5.32 Å². The van der Waals surface area contributed by atoms with Gasteiger partial charge in [-0.3, -0.25) is 9.59 Å². The Kier molecular flexibility index (Phi) is 5.80. The zero-order valence-electron chi connectivity index (χ0n) is 13.2. The van der Waals surface area contributed by atoms with Crippen molar-refractivity contribution >= 4 is 11.8 Å². The molecule has 0 unspecified atom stereocenters. The summed E-state index contributed by atoms with van der Waals surface area (Å²) in [5, 5.41) is 2.80. The first kappa shape index (κ1) is 16.6. The van der Waals surface area contributed by atoms with Gasteiger partial charge in [0.25, 0.3) is 0 Å². The molecule has 0 saturated heterocycles. The van der Waals surface area contributed by atoms with Crippen LogP contribution in [0.15, 0.2) is 47.1 Å². The van der Waals surface area contributed by atoms with Crippen LogP contribution in [0.3, 0.4) is 0 Å². The molecule has 2 rings (SSSR count). The summed E-state index contributed by atoms with van der Waals surface area (Å²) in [6, 6.07) is 11.0. The van der Waals surface area contributed by atoms with E-state index in [1.54, 1.807) is 19.2 Å². The Morgan fingerprint density at radius 2 is 2.00 bits per heavy atom. The Balaban J connectivity index is 1.90. The van der Waals surface area contributed by atoms with Crippen LogP contribution in [0.2, 0.25) is 0 Å². The van der Waals surface area contributed by atoms with E-state index in [9.17, 15) is 9.59 Å². The van der Waals surface area contributed by atoms with E-state index in [0.717, 1.165) is 5.56 Å². The molecule has 6 heteroatoms. The Morgan fingerprint density at radius 1 is 1.22 bits per heavy atom. The molecule has 1 N–H and O–H groups in total. The molecule has 0 saturated carbocycles. The number of carbonyl (C=O) groups excluding carboxylic acids is 2. The highest BCUT2D eigenvalue weighted by molar-refractivity contribution is 5.83. The fraction of sp³-hybridized carbons (Fsp3) is 0.294. The highest BCUT2D eigenvalue weighted by Crippen LogP contribution is 2.16. The number of amides is 2. The lowest BCUT2D eigenvalue weighted by Crippen LogP contribution is -2.39. The zero-order chi connectivity index (χ0) is 16.7. The van der Waals surface area contributed by atoms with Gasteiger partial charge < -0.3 is 19.4 Å². The summed E-state index contributed by atoms with van der Waals surface area (Å²) in [5.74, 6) is 0.927. The molecule has 0 aliphatic rings. The minimum Gasteiger partial charge on any atom is -0.496 e. The second-order valence-corrected chi connectivity index (χ2v) is 5.04. The van der Waals surface area contributed by atoms with E-state index in [4.69, 9.17) is 9.15 Å². The first-order chi connectivity index (χ1) is 11.1. The van der Waals surface area contributed by atoms with Crippen molar-refractivity contribution in [2.75, 3.05) is 13.7 Å². The third-order valence-corrected chi connectivity index (χ3v) is 3.38. The van der Waals surface area contributed by atoms with Crippen molar-refractivity contribution in [3.8, 4) is 5.75 Å². The van der Waals surface area contributed by atoms with E-state index in [-0.39, 0.29) is 24.9 Å². The summed E-state index contributed by atoms with van der Waals surface area (Å²) >= 11 is 0. The Labute approximate surface area is 135 Å². The molecule has 1 aromatic carbocycles. The molecule has 1 aromatic heterocycles. The molecule has 0 atom stereocenters. The predicted molar refractivity (Wildman–Crippen MR) is 84.6 cm³/mol. The molecule has 2 amide bonds. The summed E-state index contributed by atoms with van der Waals surface area (Å²) in [7, 11) is 1.58. The van der Waals surface area contributed by atoms with Crippen molar-refractivity contribution in [3.05, 3.63) is 54.0 Å². The van der Waals surface area contributed by atoms with Gasteiger partial charge in [0, 0.05) is 19.0 Å². The van der Waals surface area contributed by atoms with Gasteiger partial charge in [0.1, 0.15) is 11.5 Å². The molecule has 0 aliphatic heterocycles. The Hall–Kier alpha value is -2.76. The summed E-state index contributed by atoms with van der Waals surface area (Å²) in [6.45, 7) is 2.02. The summed E-state index contributed by atoms with van der Waals surface area (Å²) < 4.78 is 10.5. The predicted octanol–water partition coefficient (Wildman–Crippen LogP) is 1.95. The first-order valence-electron chi connectivity index (χ1n) is 7.26. The number of para-hydroxylation sites is 1. The number of nitrogens with zero attached hydrogens (tertiary/aromatic N) is 1. The molecule has 0 fully saturated rings. The number of furan rings is 1. The van der Waals surface area contributed by atoms with Gasteiger partial charge in [-0.05, 0) is 18.2 Å². The lowest BCUT2D eigenvalue weighted by atomic mass is 10.2. The number of methoxy groups -OCH3 is 1. The first-order valence-corrected chi connectivity index (χ1v) is 7.26. The standard InChI is InChI=1S/C17H20N2O4/c1-13(20)19(11-15-7-5-9-23-15)12-17(21)18-10-14-6-3-4-8-16(14)22-2/h3-9H,10-12H2,1-2H3,(H,18,21). The lowest BCUT2D eigenvalue weighted by Gasteiger charge is -2.19. The van der Waals surface area contributed by atoms with Crippen molar-refractivity contribution in [1.29, 1.82) is 0 Å². The summed E-state index contributed by atoms with van der Waals surface area (Å²) in [6.07, 6.45) is 1.54. The number of hydrogen-bond donors (Lipinski definition) is 1. The molecule has 0 bridgehead atoms. The molecule has 1 heterocycles. The van der Waals surface area contributed by atoms with Crippen molar-refractivity contribution in [2.24, 2.45) is 0 Å². The van der Waals surface area contributed by atoms with Crippen LogP contribution >= 0.6 is 0 Å². The van der Waals surface area contributed by atoms with Crippen LogP contribution in [0.1, 0.15) is 18.2 Å². The van der Waals surface area contributed by atoms with Crippen molar-refractivity contribution in [3.63, 3.8) is 0 Å². The molecule has 23 heavy (non-hydrogen) atoms. The van der Waals surface area contributed by atoms with Gasteiger partial charge in [-0.25, -0.2) is 0 Å². The largest absolute Gasteiger partial charge is 0.496 e. The van der Waals surface area contributed by atoms with E-state index in [0.29, 0.717) is 18.1 Å². The van der Waals surface area contributed by atoms with Crippen LogP contribution in [-0.4, -0.2) is 30.4 Å². The SMILES string of the molecule is COc1ccccc1CNC(=O)CN(Cc1ccco1)C(C)=O. The minimum absolute atomic E-state index is 0.0226. The monoisotopic (exact) mass is 316 g/mol. The van der Waals surface area contributed by atoms with Gasteiger partial charge in [-0.15, -0.1) is 0 Å². The molecular formula is C17H20N2O4. The molecular weight excluding hydrogens is 296 g/mol. The van der Waals surface area contributed by atoms with Crippen molar-refractivity contribution in [1.82, 2.24) is 10.2 Å². The number of hydrogen-bond acceptors (Lipinski definition) is 4. The maximum atomic E-state index is 12.1. The maximum absolute atomic E-state index is 12.1. The molecule has 0 radical (unpaired) electrons. The third kappa shape index (κ3) is 4.88. The van der Waals surface area contributed by atoms with Crippen LogP contribution in [0.5, 0.6) is 5.75 Å². The smallest absolute Gasteiger partial charge is 0.239 e. The van der Waals surface area contributed by atoms with Gasteiger partial charge in [0.15, 0.2) is 0 Å². The van der Waals surface area contributed by atoms with Gasteiger partial charge in [0.2, 0.25) is 11.8 Å². The maximum Gasteiger partial charge on any atom is 0.239 e. The highest BCUT2D eigenvalue weighted by atomic mass is 16.5. The summed E-state index contributed by atoms with van der Waals surface area (Å²) in [4.78, 5) is 25.2. The minimum atomic E-state index is -0.238. The molecule has 6 nitrogen and oxygen atoms in total. The van der Waals surface area contributed by atoms with E-state index < -0.39 is 0 Å². The van der Waals surface area contributed by atoms with Gasteiger partial charge in [-0.1, -0.05) is 18.2 Å². The lowest BCUT2D eigenvalue weighted by molar-refractivity contribution is -0.135. The fourth-order valence-electron chi connectivity index (χ4n) is 2.14. The second-order valence-electron chi connectivity index (χ2n) is 5.04. The Bertz CT molecular complexity index is 652. The fourth-order valence-corrected chi connectivity index (χ4v) is 2.14. The number of rotatable bonds is 7. The number of carbonyl (C=O) groups is 2. The highest BCUT2D eigenvalue weighted by Gasteiger charge is 2.15. The topological polar surface area (TPSA) is 71.8 Å². The van der Waals surface area contributed by atoms with Gasteiger partial charge in [-0.2, -0.15) is 0 Å². The summed E-state index contributed by atoms with van der Waals surface area (Å²) in [5.41, 5.74) is 0.878. The Morgan fingerprint density at radius 3 is 2.65 bits per heavy atom. The average molecular weight is 316 g/mol. The molecule has 0 spiro atoms. The van der Waals surface area contributed by atoms with Crippen LogP contribution in [0.4, 0.5) is 0 Å². The van der Waals surface area contributed by atoms with Crippen LogP contribution in [0.25, 0.3) is 0 Å². The molecule has 2 aromatic rings. The molecule has 0 aliphatic carbocycles. The number of nitrogens with one attached hydrogen (secondary N) is 1. The van der Waals surface area contributed by atoms with Crippen LogP contribution in [0, 0.1) is 0 Å². The quantitative estimate of drug-likeness (QED) is 0.847. The van der Waals surface area contributed by atoms with Crippen molar-refractivity contribution < 1.29 is 18.7 Å².